The van der Waals surface area contributed by atoms with E-state index in [-0.39, 0.29) is 62.2 Å². The standard InChI is InChI=1S/C34H41N5O7/c1-6-37-18-31(40)35-29-17-38(33(42)19-39-32(41)12-22(4)23(5)36-39)11-10-30(29)44-20-24-8-7-9-26(13-24)46-28-15-25(34(37)43)14-27(16-28)45-21(2)3/h7-9,12-16,21,29-30H,6,10-11,17-20H2,1-5H3,(H,35,40)/t29-,30-/m0/s1. The van der Waals surface area contributed by atoms with E-state index in [1.54, 1.807) is 43.9 Å². The number of carbonyl (C=O) groups is 3. The smallest absolute Gasteiger partial charge is 0.267 e. The van der Waals surface area contributed by atoms with Gasteiger partial charge in [-0.1, -0.05) is 12.1 Å². The normalized spacial score (nSPS) is 18.9. The molecule has 12 nitrogen and oxygen atoms in total. The lowest BCUT2D eigenvalue weighted by molar-refractivity contribution is -0.138. The van der Waals surface area contributed by atoms with Crippen LogP contribution in [0.1, 0.15) is 54.4 Å². The minimum Gasteiger partial charge on any atom is -0.491 e. The fourth-order valence-corrected chi connectivity index (χ4v) is 5.58. The van der Waals surface area contributed by atoms with Crippen LogP contribution >= 0.6 is 0 Å². The number of nitrogens with one attached hydrogen (secondary N) is 1. The van der Waals surface area contributed by atoms with Crippen LogP contribution in [0.4, 0.5) is 0 Å². The Morgan fingerprint density at radius 2 is 1.89 bits per heavy atom. The molecule has 0 radical (unpaired) electrons. The number of aromatic nitrogens is 2. The third-order valence-electron chi connectivity index (χ3n) is 8.07. The SMILES string of the molecule is CCN1CC(=O)N[C@H]2CN(C(=O)Cn3nc(C)c(C)cc3=O)CC[C@@H]2OCc2cccc(c2)Oc2cc(OC(C)C)cc(c2)C1=O. The van der Waals surface area contributed by atoms with E-state index < -0.39 is 12.1 Å². The Labute approximate surface area is 268 Å². The predicted octanol–water partition coefficient (Wildman–Crippen LogP) is 3.22. The average molecular weight is 632 g/mol. The van der Waals surface area contributed by atoms with Gasteiger partial charge in [0.25, 0.3) is 11.5 Å². The molecule has 0 saturated carbocycles. The lowest BCUT2D eigenvalue weighted by atomic mass is 10.0. The molecule has 0 spiro atoms. The van der Waals surface area contributed by atoms with E-state index >= 15 is 0 Å². The quantitative estimate of drug-likeness (QED) is 0.454. The van der Waals surface area contributed by atoms with Gasteiger partial charge in [0.2, 0.25) is 11.8 Å². The Morgan fingerprint density at radius 3 is 2.65 bits per heavy atom. The maximum Gasteiger partial charge on any atom is 0.267 e. The summed E-state index contributed by atoms with van der Waals surface area (Å²) in [4.78, 5) is 56.0. The Kier molecular flexibility index (Phi) is 10.1. The van der Waals surface area contributed by atoms with Gasteiger partial charge < -0.3 is 29.3 Å². The van der Waals surface area contributed by atoms with E-state index in [2.05, 4.69) is 10.4 Å². The Balaban J connectivity index is 1.41. The first kappa shape index (κ1) is 32.7. The van der Waals surface area contributed by atoms with E-state index in [1.165, 1.54) is 11.0 Å². The molecule has 0 aliphatic carbocycles. The molecule has 2 aromatic carbocycles. The first-order chi connectivity index (χ1) is 22.0. The van der Waals surface area contributed by atoms with Crippen LogP contribution in [0.15, 0.2) is 53.3 Å². The molecule has 1 aromatic heterocycles. The number of nitrogens with zero attached hydrogens (tertiary/aromatic N) is 4. The number of amides is 3. The summed E-state index contributed by atoms with van der Waals surface area (Å²) in [5.74, 6) is 0.466. The van der Waals surface area contributed by atoms with Gasteiger partial charge in [-0.15, -0.1) is 0 Å². The summed E-state index contributed by atoms with van der Waals surface area (Å²) in [6.45, 7) is 9.87. The number of carbonyl (C=O) groups excluding carboxylic acids is 3. The van der Waals surface area contributed by atoms with Gasteiger partial charge in [-0.25, -0.2) is 4.68 Å². The first-order valence-electron chi connectivity index (χ1n) is 15.6. The van der Waals surface area contributed by atoms with Crippen molar-refractivity contribution >= 4 is 17.7 Å². The zero-order chi connectivity index (χ0) is 33.0. The summed E-state index contributed by atoms with van der Waals surface area (Å²) < 4.78 is 19.6. The van der Waals surface area contributed by atoms with Gasteiger partial charge >= 0.3 is 0 Å². The molecule has 0 unspecified atom stereocenters. The molecule has 3 heterocycles. The predicted molar refractivity (Wildman–Crippen MR) is 170 cm³/mol. The number of rotatable bonds is 5. The summed E-state index contributed by atoms with van der Waals surface area (Å²) >= 11 is 0. The van der Waals surface area contributed by atoms with Gasteiger partial charge in [0, 0.05) is 37.3 Å². The number of likely N-dealkylation sites (tertiary alicyclic amines) is 1. The van der Waals surface area contributed by atoms with Gasteiger partial charge in [-0.05, 0) is 76.4 Å². The number of benzene rings is 2. The molecule has 1 N–H and O–H groups in total. The second-order valence-corrected chi connectivity index (χ2v) is 12.0. The Bertz CT molecular complexity index is 1670. The van der Waals surface area contributed by atoms with Crippen molar-refractivity contribution in [3.63, 3.8) is 0 Å². The minimum atomic E-state index is -0.551. The van der Waals surface area contributed by atoms with E-state index in [9.17, 15) is 19.2 Å². The highest BCUT2D eigenvalue weighted by Gasteiger charge is 2.34. The highest BCUT2D eigenvalue weighted by atomic mass is 16.5. The van der Waals surface area contributed by atoms with Gasteiger partial charge in [0.15, 0.2) is 0 Å². The number of ether oxygens (including phenoxy) is 3. The van der Waals surface area contributed by atoms with Crippen molar-refractivity contribution in [1.29, 1.82) is 0 Å². The highest BCUT2D eigenvalue weighted by molar-refractivity contribution is 5.97. The lowest BCUT2D eigenvalue weighted by Crippen LogP contribution is -2.59. The number of piperidine rings is 1. The summed E-state index contributed by atoms with van der Waals surface area (Å²) in [6, 6.07) is 13.4. The van der Waals surface area contributed by atoms with Crippen LogP contribution in [-0.2, 0) is 27.5 Å². The lowest BCUT2D eigenvalue weighted by Gasteiger charge is -2.39. The molecule has 3 amide bonds. The van der Waals surface area contributed by atoms with Crippen LogP contribution < -0.4 is 20.3 Å². The molecular formula is C34H41N5O7. The van der Waals surface area contributed by atoms with E-state index in [0.29, 0.717) is 41.5 Å². The zero-order valence-electron chi connectivity index (χ0n) is 26.9. The van der Waals surface area contributed by atoms with Crippen molar-refractivity contribution in [3.8, 4) is 17.2 Å². The van der Waals surface area contributed by atoms with Crippen molar-refractivity contribution in [2.24, 2.45) is 0 Å². The van der Waals surface area contributed by atoms with Gasteiger partial charge in [-0.3, -0.25) is 19.2 Å². The van der Waals surface area contributed by atoms with Crippen molar-refractivity contribution in [2.75, 3.05) is 26.2 Å². The van der Waals surface area contributed by atoms with Crippen LogP contribution in [0, 0.1) is 13.8 Å². The largest absolute Gasteiger partial charge is 0.491 e. The maximum atomic E-state index is 13.7. The molecule has 1 fully saturated rings. The van der Waals surface area contributed by atoms with Crippen LogP contribution in [-0.4, -0.2) is 81.7 Å². The molecule has 4 bridgehead atoms. The summed E-state index contributed by atoms with van der Waals surface area (Å²) in [6.07, 6.45) is -0.0678. The van der Waals surface area contributed by atoms with Crippen molar-refractivity contribution in [3.05, 3.63) is 81.3 Å². The van der Waals surface area contributed by atoms with Crippen LogP contribution in [0.25, 0.3) is 0 Å². The van der Waals surface area contributed by atoms with Crippen molar-refractivity contribution in [1.82, 2.24) is 24.9 Å². The number of hydrogen-bond donors (Lipinski definition) is 1. The number of likely N-dealkylation sites (N-methyl/N-ethyl adjacent to an activating group) is 1. The molecule has 46 heavy (non-hydrogen) atoms. The molecule has 2 aliphatic heterocycles. The topological polar surface area (TPSA) is 132 Å². The summed E-state index contributed by atoms with van der Waals surface area (Å²) in [5.41, 5.74) is 2.27. The molecular weight excluding hydrogens is 590 g/mol. The fraction of sp³-hybridized carbons (Fsp3) is 0.441. The van der Waals surface area contributed by atoms with Crippen molar-refractivity contribution < 1.29 is 28.6 Å². The third-order valence-corrected chi connectivity index (χ3v) is 8.07. The third kappa shape index (κ3) is 7.92. The molecule has 3 aromatic rings. The average Bonchev–Trinajstić information content (AvgIpc) is 3.00. The highest BCUT2D eigenvalue weighted by Crippen LogP contribution is 2.30. The summed E-state index contributed by atoms with van der Waals surface area (Å²) in [5, 5.41) is 7.30. The minimum absolute atomic E-state index is 0.127. The monoisotopic (exact) mass is 631 g/mol. The molecule has 5 rings (SSSR count). The summed E-state index contributed by atoms with van der Waals surface area (Å²) in [7, 11) is 0. The second-order valence-electron chi connectivity index (χ2n) is 12.0. The Morgan fingerprint density at radius 1 is 1.09 bits per heavy atom. The van der Waals surface area contributed by atoms with Crippen LogP contribution in [0.3, 0.4) is 0 Å². The number of fused-ring (bicyclic) bond motifs is 5. The zero-order valence-corrected chi connectivity index (χ0v) is 26.9. The first-order valence-corrected chi connectivity index (χ1v) is 15.6. The van der Waals surface area contributed by atoms with Crippen molar-refractivity contribution in [2.45, 2.75) is 72.4 Å². The van der Waals surface area contributed by atoms with Gasteiger partial charge in [-0.2, -0.15) is 5.10 Å². The molecule has 244 valence electrons. The molecule has 1 saturated heterocycles. The number of hydrogen-bond acceptors (Lipinski definition) is 8. The van der Waals surface area contributed by atoms with Gasteiger partial charge in [0.05, 0.1) is 37.1 Å². The van der Waals surface area contributed by atoms with Crippen LogP contribution in [0.5, 0.6) is 17.2 Å². The van der Waals surface area contributed by atoms with E-state index in [0.717, 1.165) is 15.8 Å². The maximum absolute atomic E-state index is 13.7. The molecule has 12 heteroatoms. The second kappa shape index (κ2) is 14.2. The number of aryl methyl sites for hydroxylation is 2. The Hall–Kier alpha value is -4.71. The van der Waals surface area contributed by atoms with E-state index in [1.807, 2.05) is 38.1 Å². The molecule has 2 aliphatic rings. The molecule has 2 atom stereocenters. The van der Waals surface area contributed by atoms with E-state index in [4.69, 9.17) is 14.2 Å². The van der Waals surface area contributed by atoms with Gasteiger partial charge in [0.1, 0.15) is 23.8 Å². The fourth-order valence-electron chi connectivity index (χ4n) is 5.58. The van der Waals surface area contributed by atoms with Crippen LogP contribution in [0.2, 0.25) is 0 Å².